The molecule has 0 aliphatic rings. The summed E-state index contributed by atoms with van der Waals surface area (Å²) in [5.74, 6) is -0.0809. The Bertz CT molecular complexity index is 855. The number of para-hydroxylation sites is 1. The fourth-order valence-corrected chi connectivity index (χ4v) is 3.11. The van der Waals surface area contributed by atoms with Crippen molar-refractivity contribution in [3.8, 4) is 16.9 Å². The Kier molecular flexibility index (Phi) is 6.39. The molecule has 0 aliphatic carbocycles. The highest BCUT2D eigenvalue weighted by molar-refractivity contribution is 5.99. The molecule has 0 saturated carbocycles. The summed E-state index contributed by atoms with van der Waals surface area (Å²) in [6.07, 6.45) is 1.82. The van der Waals surface area contributed by atoms with Crippen LogP contribution in [0.5, 0.6) is 0 Å². The third-order valence-electron chi connectivity index (χ3n) is 4.79. The van der Waals surface area contributed by atoms with Gasteiger partial charge in [0.15, 0.2) is 0 Å². The molecule has 0 spiro atoms. The number of carbonyl (C=O) groups excluding carboxylic acids is 1. The van der Waals surface area contributed by atoms with Crippen LogP contribution in [0.1, 0.15) is 24.2 Å². The van der Waals surface area contributed by atoms with Gasteiger partial charge in [-0.25, -0.2) is 4.68 Å². The lowest BCUT2D eigenvalue weighted by Gasteiger charge is -2.15. The van der Waals surface area contributed by atoms with Crippen LogP contribution >= 0.6 is 0 Å². The molecular weight excluding hydrogens is 336 g/mol. The second kappa shape index (κ2) is 9.14. The van der Waals surface area contributed by atoms with Crippen LogP contribution in [-0.4, -0.2) is 41.9 Å². The van der Waals surface area contributed by atoms with E-state index in [2.05, 4.69) is 19.2 Å². The summed E-state index contributed by atoms with van der Waals surface area (Å²) in [5, 5.41) is 7.76. The van der Waals surface area contributed by atoms with Crippen LogP contribution < -0.4 is 10.2 Å². The molecule has 140 valence electrons. The number of hydrogen-bond acceptors (Lipinski definition) is 2. The zero-order valence-corrected chi connectivity index (χ0v) is 16.0. The highest BCUT2D eigenvalue weighted by Crippen LogP contribution is 2.23. The molecule has 1 aromatic heterocycles. The molecular formula is C22H27N4O+. The monoisotopic (exact) mass is 363 g/mol. The fourth-order valence-electron chi connectivity index (χ4n) is 3.11. The lowest BCUT2D eigenvalue weighted by atomic mass is 10.1. The molecule has 27 heavy (non-hydrogen) atoms. The van der Waals surface area contributed by atoms with E-state index in [0.29, 0.717) is 17.8 Å². The van der Waals surface area contributed by atoms with Crippen molar-refractivity contribution in [2.75, 3.05) is 26.2 Å². The van der Waals surface area contributed by atoms with Crippen molar-refractivity contribution in [2.24, 2.45) is 0 Å². The van der Waals surface area contributed by atoms with Crippen molar-refractivity contribution in [1.82, 2.24) is 15.1 Å². The predicted octanol–water partition coefficient (Wildman–Crippen LogP) is 2.19. The van der Waals surface area contributed by atoms with Gasteiger partial charge < -0.3 is 10.2 Å². The second-order valence-corrected chi connectivity index (χ2v) is 6.50. The van der Waals surface area contributed by atoms with Crippen LogP contribution in [0.3, 0.4) is 0 Å². The van der Waals surface area contributed by atoms with Gasteiger partial charge in [-0.1, -0.05) is 48.5 Å². The molecule has 0 unspecified atom stereocenters. The summed E-state index contributed by atoms with van der Waals surface area (Å²) < 4.78 is 1.77. The number of nitrogens with one attached hydrogen (secondary N) is 2. The smallest absolute Gasteiger partial charge is 0.255 e. The van der Waals surface area contributed by atoms with Crippen LogP contribution in [0.4, 0.5) is 0 Å². The zero-order valence-electron chi connectivity index (χ0n) is 16.0. The Morgan fingerprint density at radius 2 is 1.63 bits per heavy atom. The summed E-state index contributed by atoms with van der Waals surface area (Å²) in [7, 11) is 0. The highest BCUT2D eigenvalue weighted by atomic mass is 16.1. The maximum atomic E-state index is 12.9. The van der Waals surface area contributed by atoms with E-state index in [-0.39, 0.29) is 5.91 Å². The number of carbonyl (C=O) groups is 1. The fraction of sp³-hybridized carbons (Fsp3) is 0.273. The van der Waals surface area contributed by atoms with Gasteiger partial charge in [0.2, 0.25) is 0 Å². The minimum absolute atomic E-state index is 0.0809. The highest BCUT2D eigenvalue weighted by Gasteiger charge is 2.18. The van der Waals surface area contributed by atoms with E-state index in [1.165, 1.54) is 4.90 Å². The predicted molar refractivity (Wildman–Crippen MR) is 108 cm³/mol. The maximum absolute atomic E-state index is 12.9. The third kappa shape index (κ3) is 4.63. The van der Waals surface area contributed by atoms with Gasteiger partial charge in [0.1, 0.15) is 5.69 Å². The van der Waals surface area contributed by atoms with E-state index < -0.39 is 0 Å². The van der Waals surface area contributed by atoms with Crippen LogP contribution in [0.25, 0.3) is 16.9 Å². The summed E-state index contributed by atoms with van der Waals surface area (Å²) >= 11 is 0. The Hall–Kier alpha value is -2.92. The molecule has 3 rings (SSSR count). The van der Waals surface area contributed by atoms with Crippen LogP contribution in [0.15, 0.2) is 66.9 Å². The van der Waals surface area contributed by atoms with Gasteiger partial charge in [-0.05, 0) is 26.0 Å². The van der Waals surface area contributed by atoms with Gasteiger partial charge >= 0.3 is 0 Å². The largest absolute Gasteiger partial charge is 0.346 e. The topological polar surface area (TPSA) is 51.4 Å². The molecule has 0 saturated heterocycles. The summed E-state index contributed by atoms with van der Waals surface area (Å²) in [6.45, 7) is 8.03. The van der Waals surface area contributed by atoms with E-state index in [1.807, 2.05) is 66.9 Å². The van der Waals surface area contributed by atoms with Gasteiger partial charge in [0.25, 0.3) is 5.91 Å². The van der Waals surface area contributed by atoms with Gasteiger partial charge in [0, 0.05) is 11.8 Å². The van der Waals surface area contributed by atoms with Crippen LogP contribution in [-0.2, 0) is 0 Å². The van der Waals surface area contributed by atoms with E-state index in [0.717, 1.165) is 30.9 Å². The SMILES string of the molecule is CC[NH+](CC)CCNC(=O)c1cn(-c2ccccc2)nc1-c1ccccc1. The lowest BCUT2D eigenvalue weighted by molar-refractivity contribution is -0.895. The maximum Gasteiger partial charge on any atom is 0.255 e. The number of amides is 1. The molecule has 2 aromatic carbocycles. The average Bonchev–Trinajstić information content (AvgIpc) is 3.18. The van der Waals surface area contributed by atoms with Crippen molar-refractivity contribution >= 4 is 5.91 Å². The minimum atomic E-state index is -0.0809. The molecule has 5 nitrogen and oxygen atoms in total. The first-order chi connectivity index (χ1) is 13.2. The van der Waals surface area contributed by atoms with Crippen LogP contribution in [0.2, 0.25) is 0 Å². The third-order valence-corrected chi connectivity index (χ3v) is 4.79. The molecule has 3 aromatic rings. The molecule has 0 atom stereocenters. The van der Waals surface area contributed by atoms with Crippen molar-refractivity contribution < 1.29 is 9.69 Å². The Balaban J connectivity index is 1.86. The molecule has 1 heterocycles. The lowest BCUT2D eigenvalue weighted by Crippen LogP contribution is -3.12. The Labute approximate surface area is 160 Å². The number of benzene rings is 2. The zero-order chi connectivity index (χ0) is 19.1. The second-order valence-electron chi connectivity index (χ2n) is 6.50. The molecule has 1 amide bonds. The van der Waals surface area contributed by atoms with E-state index in [1.54, 1.807) is 4.68 Å². The summed E-state index contributed by atoms with van der Waals surface area (Å²) in [6, 6.07) is 19.7. The van der Waals surface area contributed by atoms with E-state index >= 15 is 0 Å². The Morgan fingerprint density at radius 1 is 1.00 bits per heavy atom. The number of nitrogens with zero attached hydrogens (tertiary/aromatic N) is 2. The standard InChI is InChI=1S/C22H26N4O/c1-3-25(4-2)16-15-23-22(27)20-17-26(19-13-9-6-10-14-19)24-21(20)18-11-7-5-8-12-18/h5-14,17H,3-4,15-16H2,1-2H3,(H,23,27)/p+1. The molecule has 0 aliphatic heterocycles. The minimum Gasteiger partial charge on any atom is -0.346 e. The van der Waals surface area contributed by atoms with E-state index in [9.17, 15) is 4.79 Å². The van der Waals surface area contributed by atoms with Crippen molar-refractivity contribution in [3.05, 3.63) is 72.4 Å². The molecule has 5 heteroatoms. The van der Waals surface area contributed by atoms with Crippen molar-refractivity contribution in [3.63, 3.8) is 0 Å². The number of likely N-dealkylation sites (N-methyl/N-ethyl adjacent to an activating group) is 1. The normalized spacial score (nSPS) is 10.9. The van der Waals surface area contributed by atoms with Crippen molar-refractivity contribution in [1.29, 1.82) is 0 Å². The van der Waals surface area contributed by atoms with Gasteiger partial charge in [-0.3, -0.25) is 4.79 Å². The summed E-state index contributed by atoms with van der Waals surface area (Å²) in [5.41, 5.74) is 3.17. The first-order valence-electron chi connectivity index (χ1n) is 9.55. The molecule has 2 N–H and O–H groups in total. The Morgan fingerprint density at radius 3 is 2.26 bits per heavy atom. The number of aromatic nitrogens is 2. The van der Waals surface area contributed by atoms with E-state index in [4.69, 9.17) is 5.10 Å². The first kappa shape index (κ1) is 18.9. The summed E-state index contributed by atoms with van der Waals surface area (Å²) in [4.78, 5) is 14.3. The molecule has 0 bridgehead atoms. The molecule has 0 radical (unpaired) electrons. The van der Waals surface area contributed by atoms with Gasteiger partial charge in [0.05, 0.1) is 37.4 Å². The number of hydrogen-bond donors (Lipinski definition) is 2. The average molecular weight is 363 g/mol. The first-order valence-corrected chi connectivity index (χ1v) is 9.55. The quantitative estimate of drug-likeness (QED) is 0.645. The number of rotatable bonds is 8. The number of quaternary nitrogens is 1. The molecule has 0 fully saturated rings. The van der Waals surface area contributed by atoms with Gasteiger partial charge in [-0.15, -0.1) is 0 Å². The van der Waals surface area contributed by atoms with Gasteiger partial charge in [-0.2, -0.15) is 5.10 Å². The van der Waals surface area contributed by atoms with Crippen LogP contribution in [0, 0.1) is 0 Å². The van der Waals surface area contributed by atoms with Crippen molar-refractivity contribution in [2.45, 2.75) is 13.8 Å².